The zero-order valence-electron chi connectivity index (χ0n) is 11.8. The first-order chi connectivity index (χ1) is 8.36. The van der Waals surface area contributed by atoms with Crippen LogP contribution in [0.2, 0.25) is 0 Å². The van der Waals surface area contributed by atoms with Crippen LogP contribution in [0.1, 0.15) is 46.2 Å². The lowest BCUT2D eigenvalue weighted by Gasteiger charge is -2.31. The Balaban J connectivity index is 2.28. The Morgan fingerprint density at radius 3 is 2.50 bits per heavy atom. The molecule has 1 aromatic rings. The third-order valence-corrected chi connectivity index (χ3v) is 3.65. The number of piperidine rings is 1. The summed E-state index contributed by atoms with van der Waals surface area (Å²) >= 11 is 0. The smallest absolute Gasteiger partial charge is 0.347 e. The molecule has 0 amide bonds. The minimum Gasteiger partial charge on any atom is -0.356 e. The summed E-state index contributed by atoms with van der Waals surface area (Å²) in [4.78, 5) is 20.9. The summed E-state index contributed by atoms with van der Waals surface area (Å²) in [5.74, 6) is 1.61. The third-order valence-electron chi connectivity index (χ3n) is 3.65. The summed E-state index contributed by atoms with van der Waals surface area (Å²) in [7, 11) is 0. The fraction of sp³-hybridized carbons (Fsp3) is 0.714. The van der Waals surface area contributed by atoms with Crippen LogP contribution in [0.25, 0.3) is 0 Å². The van der Waals surface area contributed by atoms with Crippen molar-refractivity contribution >= 4 is 5.82 Å². The summed E-state index contributed by atoms with van der Waals surface area (Å²) < 4.78 is 0. The van der Waals surface area contributed by atoms with Crippen LogP contribution < -0.4 is 10.6 Å². The molecular weight excluding hydrogens is 226 g/mol. The highest BCUT2D eigenvalue weighted by Gasteiger charge is 2.21. The molecular formula is C14H23N3O. The van der Waals surface area contributed by atoms with E-state index in [1.165, 1.54) is 12.8 Å². The van der Waals surface area contributed by atoms with E-state index < -0.39 is 0 Å². The van der Waals surface area contributed by atoms with Crippen LogP contribution in [0.15, 0.2) is 10.9 Å². The Bertz CT molecular complexity index is 465. The van der Waals surface area contributed by atoms with Gasteiger partial charge in [0.15, 0.2) is 0 Å². The van der Waals surface area contributed by atoms with E-state index >= 15 is 0 Å². The molecule has 0 radical (unpaired) electrons. The summed E-state index contributed by atoms with van der Waals surface area (Å²) in [5.41, 5.74) is 0.659. The van der Waals surface area contributed by atoms with Gasteiger partial charge in [-0.25, -0.2) is 4.79 Å². The summed E-state index contributed by atoms with van der Waals surface area (Å²) in [6.45, 7) is 10.6. The number of aromatic nitrogens is 2. The highest BCUT2D eigenvalue weighted by Crippen LogP contribution is 2.24. The van der Waals surface area contributed by atoms with Crippen molar-refractivity contribution in [1.82, 2.24) is 9.97 Å². The van der Waals surface area contributed by atoms with Gasteiger partial charge in [-0.1, -0.05) is 27.7 Å². The van der Waals surface area contributed by atoms with Crippen molar-refractivity contribution in [2.75, 3.05) is 18.0 Å². The van der Waals surface area contributed by atoms with E-state index in [0.29, 0.717) is 0 Å². The largest absolute Gasteiger partial charge is 0.356 e. The summed E-state index contributed by atoms with van der Waals surface area (Å²) in [5, 5.41) is 0. The van der Waals surface area contributed by atoms with Crippen molar-refractivity contribution in [3.63, 3.8) is 0 Å². The minimum absolute atomic E-state index is 0.0556. The zero-order chi connectivity index (χ0) is 13.3. The van der Waals surface area contributed by atoms with E-state index in [1.54, 1.807) is 0 Å². The van der Waals surface area contributed by atoms with Crippen LogP contribution in [0.3, 0.4) is 0 Å². The van der Waals surface area contributed by atoms with E-state index in [-0.39, 0.29) is 11.1 Å². The fourth-order valence-electron chi connectivity index (χ4n) is 2.25. The lowest BCUT2D eigenvalue weighted by Crippen LogP contribution is -2.35. The van der Waals surface area contributed by atoms with E-state index in [9.17, 15) is 4.79 Å². The molecule has 0 unspecified atom stereocenters. The number of H-pyrrole nitrogens is 1. The lowest BCUT2D eigenvalue weighted by molar-refractivity contribution is 0.435. The second-order valence-corrected chi connectivity index (χ2v) is 6.38. The van der Waals surface area contributed by atoms with Gasteiger partial charge in [0.25, 0.3) is 0 Å². The molecule has 0 aromatic carbocycles. The first kappa shape index (κ1) is 13.1. The van der Waals surface area contributed by atoms with Gasteiger partial charge in [-0.3, -0.25) is 0 Å². The molecule has 2 rings (SSSR count). The van der Waals surface area contributed by atoms with Gasteiger partial charge in [0.2, 0.25) is 0 Å². The van der Waals surface area contributed by atoms with Crippen molar-refractivity contribution in [3.05, 3.63) is 22.2 Å². The third kappa shape index (κ3) is 2.92. The number of nitrogens with one attached hydrogen (secondary N) is 1. The van der Waals surface area contributed by atoms with E-state index in [2.05, 4.69) is 42.6 Å². The Morgan fingerprint density at radius 2 is 1.94 bits per heavy atom. The quantitative estimate of drug-likeness (QED) is 0.831. The maximum absolute atomic E-state index is 11.7. The number of rotatable bonds is 1. The van der Waals surface area contributed by atoms with Gasteiger partial charge >= 0.3 is 5.69 Å². The molecule has 100 valence electrons. The number of nitrogens with zero attached hydrogens (tertiary/aromatic N) is 2. The number of aromatic amines is 1. The molecule has 1 aliphatic heterocycles. The molecule has 1 saturated heterocycles. The number of hydrogen-bond acceptors (Lipinski definition) is 3. The predicted octanol–water partition coefficient (Wildman–Crippen LogP) is 2.30. The summed E-state index contributed by atoms with van der Waals surface area (Å²) in [6, 6.07) is 2.03. The maximum Gasteiger partial charge on any atom is 0.347 e. The van der Waals surface area contributed by atoms with Crippen molar-refractivity contribution < 1.29 is 0 Å². The van der Waals surface area contributed by atoms with Crippen LogP contribution >= 0.6 is 0 Å². The Hall–Kier alpha value is -1.32. The SMILES string of the molecule is CC1CCN(c2cc(C(C)(C)C)[nH]c(=O)n2)CC1. The molecule has 0 atom stereocenters. The van der Waals surface area contributed by atoms with Gasteiger partial charge in [0.1, 0.15) is 5.82 Å². The van der Waals surface area contributed by atoms with Crippen LogP contribution in [0.4, 0.5) is 5.82 Å². The average Bonchev–Trinajstić information content (AvgIpc) is 2.28. The average molecular weight is 249 g/mol. The number of anilines is 1. The van der Waals surface area contributed by atoms with Crippen LogP contribution in [0, 0.1) is 5.92 Å². The molecule has 0 aliphatic carbocycles. The maximum atomic E-state index is 11.7. The standard InChI is InChI=1S/C14H23N3O/c1-10-5-7-17(8-6-10)12-9-11(14(2,3)4)15-13(18)16-12/h9-10H,5-8H2,1-4H3,(H,15,16,18). The van der Waals surface area contributed by atoms with Crippen LogP contribution in [-0.4, -0.2) is 23.1 Å². The molecule has 1 aliphatic rings. The van der Waals surface area contributed by atoms with Crippen molar-refractivity contribution in [3.8, 4) is 0 Å². The van der Waals surface area contributed by atoms with Gasteiger partial charge in [0, 0.05) is 30.3 Å². The number of hydrogen-bond donors (Lipinski definition) is 1. The van der Waals surface area contributed by atoms with E-state index in [4.69, 9.17) is 0 Å². The van der Waals surface area contributed by atoms with Gasteiger partial charge in [-0.2, -0.15) is 4.98 Å². The van der Waals surface area contributed by atoms with Crippen molar-refractivity contribution in [2.45, 2.75) is 46.0 Å². The van der Waals surface area contributed by atoms with Crippen molar-refractivity contribution in [2.24, 2.45) is 5.92 Å². The molecule has 4 nitrogen and oxygen atoms in total. The first-order valence-electron chi connectivity index (χ1n) is 6.73. The molecule has 0 bridgehead atoms. The molecule has 0 saturated carbocycles. The Kier molecular flexibility index (Phi) is 3.46. The Labute approximate surface area is 108 Å². The normalized spacial score (nSPS) is 18.1. The predicted molar refractivity (Wildman–Crippen MR) is 74.2 cm³/mol. The molecule has 18 heavy (non-hydrogen) atoms. The second-order valence-electron chi connectivity index (χ2n) is 6.38. The molecule has 1 N–H and O–H groups in total. The highest BCUT2D eigenvalue weighted by atomic mass is 16.1. The van der Waals surface area contributed by atoms with Gasteiger partial charge in [-0.05, 0) is 18.8 Å². The first-order valence-corrected chi connectivity index (χ1v) is 6.73. The van der Waals surface area contributed by atoms with Gasteiger partial charge in [0.05, 0.1) is 0 Å². The van der Waals surface area contributed by atoms with Crippen LogP contribution in [-0.2, 0) is 5.41 Å². The minimum atomic E-state index is -0.240. The monoisotopic (exact) mass is 249 g/mol. The highest BCUT2D eigenvalue weighted by molar-refractivity contribution is 5.40. The van der Waals surface area contributed by atoms with Gasteiger partial charge in [-0.15, -0.1) is 0 Å². The lowest BCUT2D eigenvalue weighted by atomic mass is 9.92. The van der Waals surface area contributed by atoms with Crippen molar-refractivity contribution in [1.29, 1.82) is 0 Å². The molecule has 0 spiro atoms. The fourth-order valence-corrected chi connectivity index (χ4v) is 2.25. The Morgan fingerprint density at radius 1 is 1.33 bits per heavy atom. The zero-order valence-corrected chi connectivity index (χ0v) is 11.8. The van der Waals surface area contributed by atoms with E-state index in [0.717, 1.165) is 30.5 Å². The van der Waals surface area contributed by atoms with Gasteiger partial charge < -0.3 is 9.88 Å². The molecule has 4 heteroatoms. The van der Waals surface area contributed by atoms with Crippen LogP contribution in [0.5, 0.6) is 0 Å². The molecule has 2 heterocycles. The summed E-state index contributed by atoms with van der Waals surface area (Å²) in [6.07, 6.45) is 2.36. The van der Waals surface area contributed by atoms with E-state index in [1.807, 2.05) is 6.07 Å². The molecule has 1 aromatic heterocycles. The topological polar surface area (TPSA) is 49.0 Å². The molecule has 1 fully saturated rings. The second kappa shape index (κ2) is 4.75.